The Kier molecular flexibility index (Phi) is 11.8. The number of nitrogen functional groups attached to an aromatic ring is 1. The minimum atomic E-state index is -4.86. The highest BCUT2D eigenvalue weighted by atomic mass is 32.2. The molecule has 2 fully saturated rings. The van der Waals surface area contributed by atoms with Crippen molar-refractivity contribution in [3.63, 3.8) is 0 Å². The van der Waals surface area contributed by atoms with E-state index in [0.29, 0.717) is 29.4 Å². The normalized spacial score (nSPS) is 21.6. The summed E-state index contributed by atoms with van der Waals surface area (Å²) in [6, 6.07) is 6.64. The van der Waals surface area contributed by atoms with Gasteiger partial charge in [0, 0.05) is 25.7 Å². The predicted molar refractivity (Wildman–Crippen MR) is 161 cm³/mol. The van der Waals surface area contributed by atoms with Crippen LogP contribution in [0.4, 0.5) is 19.4 Å². The summed E-state index contributed by atoms with van der Waals surface area (Å²) in [5.74, 6) is -8.02. The minimum Gasteiger partial charge on any atom is -0.447 e. The SMILES string of the molecule is Nc1ccn([C@@H]2O[C@H](COC(=O)NCCCCCC(=O)NCc3ccc(C(=O)ON4C(=O)CC(S(=O)(=O)O)C4=O)cc3)C(O)C2(F)F)c(=O)n1. The zero-order valence-corrected chi connectivity index (χ0v) is 26.7. The summed E-state index contributed by atoms with van der Waals surface area (Å²) in [6.07, 6.45) is -5.52. The standard InChI is InChI=1S/C28H32F2N6O13S/c29-28(30)22(39)17(48-25(28)35-11-9-19(31)34-26(35)42)14-47-27(43)32-10-3-1-2-4-20(37)33-13-15-5-7-16(8-6-15)24(41)49-36-21(38)12-18(23(36)40)50(44,45)46/h5-9,11,17-18,22,25,39H,1-4,10,12-14H2,(H,32,43)(H,33,37)(H2,31,34,42)(H,44,45,46)/t17-,18?,22?,25-/m1/s1. The summed E-state index contributed by atoms with van der Waals surface area (Å²) in [5, 5.41) is 13.0. The number of amides is 4. The number of aromatic nitrogens is 2. The van der Waals surface area contributed by atoms with Crippen molar-refractivity contribution >= 4 is 45.7 Å². The van der Waals surface area contributed by atoms with Crippen molar-refractivity contribution < 1.29 is 65.1 Å². The van der Waals surface area contributed by atoms with Crippen molar-refractivity contribution in [2.75, 3.05) is 18.9 Å². The predicted octanol–water partition coefficient (Wildman–Crippen LogP) is -0.591. The van der Waals surface area contributed by atoms with Crippen LogP contribution < -0.4 is 22.1 Å². The van der Waals surface area contributed by atoms with Crippen LogP contribution in [0.2, 0.25) is 0 Å². The Balaban J connectivity index is 1.09. The van der Waals surface area contributed by atoms with E-state index in [1.54, 1.807) is 0 Å². The number of anilines is 1. The van der Waals surface area contributed by atoms with Gasteiger partial charge in [0.1, 0.15) is 18.5 Å². The lowest BCUT2D eigenvalue weighted by Gasteiger charge is -2.20. The molecule has 0 saturated carbocycles. The number of aliphatic hydroxyl groups is 1. The third-order valence-electron chi connectivity index (χ3n) is 7.49. The van der Waals surface area contributed by atoms with Gasteiger partial charge in [-0.05, 0) is 36.6 Å². The van der Waals surface area contributed by atoms with Crippen LogP contribution in [0.1, 0.15) is 54.3 Å². The van der Waals surface area contributed by atoms with Gasteiger partial charge in [-0.1, -0.05) is 18.6 Å². The number of hydrogen-bond acceptors (Lipinski definition) is 14. The Labute approximate surface area is 281 Å². The Morgan fingerprint density at radius 3 is 2.42 bits per heavy atom. The number of aliphatic hydroxyl groups excluding tert-OH is 1. The highest BCUT2D eigenvalue weighted by molar-refractivity contribution is 7.87. The Morgan fingerprint density at radius 1 is 1.08 bits per heavy atom. The maximum Gasteiger partial charge on any atom is 0.407 e. The topological polar surface area (TPSA) is 276 Å². The third-order valence-corrected chi connectivity index (χ3v) is 8.57. The molecule has 4 amide bonds. The zero-order chi connectivity index (χ0) is 36.8. The second-order valence-electron chi connectivity index (χ2n) is 11.1. The Hall–Kier alpha value is -5.06. The molecule has 4 rings (SSSR count). The van der Waals surface area contributed by atoms with E-state index in [2.05, 4.69) is 15.6 Å². The smallest absolute Gasteiger partial charge is 0.407 e. The third kappa shape index (κ3) is 9.13. The number of benzene rings is 1. The van der Waals surface area contributed by atoms with Crippen molar-refractivity contribution in [2.24, 2.45) is 0 Å². The average molecular weight is 731 g/mol. The molecule has 0 radical (unpaired) electrons. The van der Waals surface area contributed by atoms with Crippen LogP contribution in [-0.2, 0) is 45.4 Å². The number of alkyl carbamates (subject to hydrolysis) is 1. The van der Waals surface area contributed by atoms with Gasteiger partial charge in [0.15, 0.2) is 11.4 Å². The minimum absolute atomic E-state index is 0.00994. The number of ether oxygens (including phenoxy) is 2. The zero-order valence-electron chi connectivity index (χ0n) is 25.9. The number of unbranched alkanes of at least 4 members (excludes halogenated alkanes) is 2. The number of hydrogen-bond donors (Lipinski definition) is 5. The van der Waals surface area contributed by atoms with Crippen LogP contribution in [0.3, 0.4) is 0 Å². The second-order valence-corrected chi connectivity index (χ2v) is 12.7. The van der Waals surface area contributed by atoms with E-state index in [1.165, 1.54) is 24.3 Å². The number of nitrogens with two attached hydrogens (primary N) is 1. The van der Waals surface area contributed by atoms with E-state index in [-0.39, 0.29) is 41.9 Å². The first-order chi connectivity index (χ1) is 23.5. The second kappa shape index (κ2) is 15.7. The number of halogens is 2. The van der Waals surface area contributed by atoms with Crippen molar-refractivity contribution in [2.45, 2.75) is 68.3 Å². The highest BCUT2D eigenvalue weighted by Gasteiger charge is 2.60. The molecule has 0 bridgehead atoms. The van der Waals surface area contributed by atoms with Crippen LogP contribution in [0.15, 0.2) is 41.3 Å². The number of nitrogens with zero attached hydrogens (tertiary/aromatic N) is 3. The number of rotatable bonds is 14. The fourth-order valence-corrected chi connectivity index (χ4v) is 5.50. The molecule has 2 unspecified atom stereocenters. The monoisotopic (exact) mass is 730 g/mol. The first-order valence-electron chi connectivity index (χ1n) is 14.9. The van der Waals surface area contributed by atoms with Crippen LogP contribution in [0, 0.1) is 0 Å². The molecule has 2 aliphatic heterocycles. The molecular weight excluding hydrogens is 698 g/mol. The largest absolute Gasteiger partial charge is 0.447 e. The molecule has 22 heteroatoms. The van der Waals surface area contributed by atoms with Crippen molar-refractivity contribution in [3.05, 3.63) is 58.1 Å². The summed E-state index contributed by atoms with van der Waals surface area (Å²) in [5.41, 5.74) is 4.75. The van der Waals surface area contributed by atoms with E-state index in [4.69, 9.17) is 24.6 Å². The number of hydroxylamine groups is 2. The number of carbonyl (C=O) groups excluding carboxylic acids is 5. The van der Waals surface area contributed by atoms with E-state index in [1.807, 2.05) is 0 Å². The van der Waals surface area contributed by atoms with Gasteiger partial charge in [0.25, 0.3) is 21.9 Å². The number of alkyl halides is 2. The van der Waals surface area contributed by atoms with Crippen LogP contribution in [-0.4, -0.2) is 99.0 Å². The summed E-state index contributed by atoms with van der Waals surface area (Å²) in [6.45, 7) is -0.500. The van der Waals surface area contributed by atoms with Gasteiger partial charge in [-0.2, -0.15) is 22.2 Å². The summed E-state index contributed by atoms with van der Waals surface area (Å²) in [4.78, 5) is 80.4. The lowest BCUT2D eigenvalue weighted by molar-refractivity contribution is -0.172. The molecule has 0 aliphatic carbocycles. The first kappa shape index (κ1) is 37.8. The maximum absolute atomic E-state index is 14.6. The lowest BCUT2D eigenvalue weighted by atomic mass is 10.1. The average Bonchev–Trinajstić information content (AvgIpc) is 3.46. The van der Waals surface area contributed by atoms with Crippen molar-refractivity contribution in [1.82, 2.24) is 25.2 Å². The van der Waals surface area contributed by atoms with Gasteiger partial charge in [-0.3, -0.25) is 23.5 Å². The molecule has 272 valence electrons. The fraction of sp³-hybridized carbons (Fsp3) is 0.464. The molecule has 0 spiro atoms. The van der Waals surface area contributed by atoms with E-state index < -0.39 is 82.3 Å². The molecular formula is C28H32F2N6O13S. The molecule has 3 heterocycles. The van der Waals surface area contributed by atoms with Crippen molar-refractivity contribution in [3.8, 4) is 0 Å². The fourth-order valence-electron chi connectivity index (χ4n) is 4.79. The van der Waals surface area contributed by atoms with Crippen LogP contribution in [0.5, 0.6) is 0 Å². The van der Waals surface area contributed by atoms with Gasteiger partial charge in [-0.25, -0.2) is 14.4 Å². The quantitative estimate of drug-likeness (QED) is 0.0923. The molecule has 2 aromatic rings. The molecule has 6 N–H and O–H groups in total. The number of carbonyl (C=O) groups is 5. The Morgan fingerprint density at radius 2 is 1.78 bits per heavy atom. The molecule has 50 heavy (non-hydrogen) atoms. The molecule has 1 aromatic carbocycles. The van der Waals surface area contributed by atoms with Gasteiger partial charge in [0.2, 0.25) is 12.1 Å². The van der Waals surface area contributed by atoms with E-state index in [9.17, 15) is 51.1 Å². The maximum atomic E-state index is 14.6. The molecule has 2 aliphatic rings. The van der Waals surface area contributed by atoms with E-state index >= 15 is 0 Å². The van der Waals surface area contributed by atoms with Crippen LogP contribution >= 0.6 is 0 Å². The Bertz CT molecular complexity index is 1790. The van der Waals surface area contributed by atoms with Crippen molar-refractivity contribution in [1.29, 1.82) is 0 Å². The summed E-state index contributed by atoms with van der Waals surface area (Å²) < 4.78 is 71.1. The summed E-state index contributed by atoms with van der Waals surface area (Å²) in [7, 11) is -4.86. The van der Waals surface area contributed by atoms with Gasteiger partial charge >= 0.3 is 23.7 Å². The van der Waals surface area contributed by atoms with E-state index in [0.717, 1.165) is 12.3 Å². The first-order valence-corrected chi connectivity index (χ1v) is 16.4. The number of imide groups is 1. The highest BCUT2D eigenvalue weighted by Crippen LogP contribution is 2.42. The summed E-state index contributed by atoms with van der Waals surface area (Å²) >= 11 is 0. The van der Waals surface area contributed by atoms with Gasteiger partial charge in [-0.15, -0.1) is 5.06 Å². The molecule has 4 atom stereocenters. The van der Waals surface area contributed by atoms with Gasteiger partial charge in [0.05, 0.1) is 12.0 Å². The molecule has 2 saturated heterocycles. The molecule has 1 aromatic heterocycles. The number of nitrogens with one attached hydrogen (secondary N) is 2. The lowest BCUT2D eigenvalue weighted by Crippen LogP contribution is -2.42. The van der Waals surface area contributed by atoms with Gasteiger partial charge < -0.3 is 35.8 Å². The molecule has 19 nitrogen and oxygen atoms in total. The van der Waals surface area contributed by atoms with Crippen LogP contribution in [0.25, 0.3) is 0 Å².